The molecule has 0 spiro atoms. The van der Waals surface area contributed by atoms with Crippen molar-refractivity contribution in [2.45, 2.75) is 13.3 Å². The molecule has 0 radical (unpaired) electrons. The second-order valence-electron chi connectivity index (χ2n) is 3.01. The van der Waals surface area contributed by atoms with Gasteiger partial charge in [-0.3, -0.25) is 4.79 Å². The van der Waals surface area contributed by atoms with E-state index in [0.29, 0.717) is 0 Å². The number of carbonyl (C=O) groups is 1. The normalized spacial score (nSPS) is 20.7. The van der Waals surface area contributed by atoms with Crippen molar-refractivity contribution >= 4 is 5.97 Å². The van der Waals surface area contributed by atoms with Crippen LogP contribution < -0.4 is 0 Å². The Balaban J connectivity index is 2.54. The molecule has 13 heavy (non-hydrogen) atoms. The lowest BCUT2D eigenvalue weighted by Gasteiger charge is -2.14. The Bertz CT molecular complexity index is 261. The smallest absolute Gasteiger partial charge is 0.317 e. The summed E-state index contributed by atoms with van der Waals surface area (Å²) in [6.45, 7) is 5.72. The summed E-state index contributed by atoms with van der Waals surface area (Å²) >= 11 is 0. The molecule has 0 aromatic heterocycles. The molecule has 0 saturated heterocycles. The lowest BCUT2D eigenvalue weighted by Crippen LogP contribution is -2.18. The standard InChI is InChI=1S/C11H14O2/c1-3-8-13-11(12)10-7-5-4-6-9(10)2/h3,5-7,10H,1,4,8H2,2H3. The molecule has 1 atom stereocenters. The fourth-order valence-corrected chi connectivity index (χ4v) is 1.24. The first-order valence-corrected chi connectivity index (χ1v) is 4.36. The molecule has 1 unspecified atom stereocenters. The number of esters is 1. The second-order valence-corrected chi connectivity index (χ2v) is 3.01. The van der Waals surface area contributed by atoms with Gasteiger partial charge in [-0.15, -0.1) is 0 Å². The first kappa shape index (κ1) is 9.78. The summed E-state index contributed by atoms with van der Waals surface area (Å²) in [5.74, 6) is -0.377. The molecule has 0 saturated carbocycles. The van der Waals surface area contributed by atoms with Crippen molar-refractivity contribution in [1.82, 2.24) is 0 Å². The zero-order valence-electron chi connectivity index (χ0n) is 7.82. The van der Waals surface area contributed by atoms with Gasteiger partial charge in [0.1, 0.15) is 6.61 Å². The highest BCUT2D eigenvalue weighted by Gasteiger charge is 2.19. The summed E-state index contributed by atoms with van der Waals surface area (Å²) in [6, 6.07) is 0. The van der Waals surface area contributed by atoms with E-state index < -0.39 is 0 Å². The van der Waals surface area contributed by atoms with Gasteiger partial charge < -0.3 is 4.74 Å². The van der Waals surface area contributed by atoms with E-state index >= 15 is 0 Å². The van der Waals surface area contributed by atoms with E-state index in [0.717, 1.165) is 12.0 Å². The van der Waals surface area contributed by atoms with Gasteiger partial charge in [0, 0.05) is 0 Å². The molecule has 0 N–H and O–H groups in total. The van der Waals surface area contributed by atoms with Gasteiger partial charge in [-0.2, -0.15) is 0 Å². The van der Waals surface area contributed by atoms with Gasteiger partial charge in [0.25, 0.3) is 0 Å². The molecular formula is C11H14O2. The summed E-state index contributed by atoms with van der Waals surface area (Å²) in [7, 11) is 0. The maximum atomic E-state index is 11.4. The largest absolute Gasteiger partial charge is 0.461 e. The minimum atomic E-state index is -0.190. The van der Waals surface area contributed by atoms with Gasteiger partial charge in [-0.05, 0) is 13.3 Å². The fourth-order valence-electron chi connectivity index (χ4n) is 1.24. The van der Waals surface area contributed by atoms with Gasteiger partial charge in [0.2, 0.25) is 0 Å². The molecule has 1 rings (SSSR count). The number of hydrogen-bond acceptors (Lipinski definition) is 2. The third kappa shape index (κ3) is 2.58. The molecule has 0 aromatic carbocycles. The van der Waals surface area contributed by atoms with E-state index in [1.165, 1.54) is 0 Å². The highest BCUT2D eigenvalue weighted by Crippen LogP contribution is 2.19. The highest BCUT2D eigenvalue weighted by molar-refractivity contribution is 5.78. The Morgan fingerprint density at radius 1 is 1.85 bits per heavy atom. The van der Waals surface area contributed by atoms with E-state index in [4.69, 9.17) is 4.74 Å². The highest BCUT2D eigenvalue weighted by atomic mass is 16.5. The number of carbonyl (C=O) groups excluding carboxylic acids is 1. The van der Waals surface area contributed by atoms with Crippen molar-refractivity contribution < 1.29 is 9.53 Å². The van der Waals surface area contributed by atoms with E-state index in [9.17, 15) is 4.79 Å². The maximum absolute atomic E-state index is 11.4. The number of allylic oxidation sites excluding steroid dienone is 2. The summed E-state index contributed by atoms with van der Waals surface area (Å²) in [6.07, 6.45) is 8.40. The Morgan fingerprint density at radius 2 is 2.62 bits per heavy atom. The molecule has 1 aliphatic carbocycles. The van der Waals surface area contributed by atoms with Gasteiger partial charge in [0.05, 0.1) is 5.92 Å². The molecule has 0 bridgehead atoms. The lowest BCUT2D eigenvalue weighted by atomic mass is 9.95. The molecule has 0 fully saturated rings. The van der Waals surface area contributed by atoms with E-state index in [1.807, 2.05) is 25.2 Å². The lowest BCUT2D eigenvalue weighted by molar-refractivity contribution is -0.144. The quantitative estimate of drug-likeness (QED) is 0.489. The second kappa shape index (κ2) is 4.65. The van der Waals surface area contributed by atoms with Crippen LogP contribution in [-0.2, 0) is 9.53 Å². The van der Waals surface area contributed by atoms with Gasteiger partial charge in [-0.25, -0.2) is 0 Å². The number of ether oxygens (including phenoxy) is 1. The maximum Gasteiger partial charge on any atom is 0.317 e. The van der Waals surface area contributed by atoms with Crippen LogP contribution in [-0.4, -0.2) is 12.6 Å². The van der Waals surface area contributed by atoms with Gasteiger partial charge in [0.15, 0.2) is 0 Å². The number of rotatable bonds is 3. The molecule has 70 valence electrons. The summed E-state index contributed by atoms with van der Waals surface area (Å²) in [4.78, 5) is 11.4. The Kier molecular flexibility index (Phi) is 3.50. The number of hydrogen-bond donors (Lipinski definition) is 0. The van der Waals surface area contributed by atoms with Crippen LogP contribution in [0.15, 0.2) is 36.5 Å². The molecule has 0 aromatic rings. The van der Waals surface area contributed by atoms with E-state index in [2.05, 4.69) is 6.58 Å². The first-order chi connectivity index (χ1) is 6.25. The third-order valence-corrected chi connectivity index (χ3v) is 1.99. The molecule has 0 heterocycles. The van der Waals surface area contributed by atoms with E-state index in [-0.39, 0.29) is 18.5 Å². The molecule has 2 heteroatoms. The average molecular weight is 178 g/mol. The fraction of sp³-hybridized carbons (Fsp3) is 0.364. The van der Waals surface area contributed by atoms with Crippen LogP contribution in [0.25, 0.3) is 0 Å². The predicted octanol–water partition coefficient (Wildman–Crippen LogP) is 2.24. The SMILES string of the molecule is C=CCOC(=O)C1C=CCC=C1C. The molecule has 1 aliphatic rings. The topological polar surface area (TPSA) is 26.3 Å². The zero-order valence-corrected chi connectivity index (χ0v) is 7.82. The van der Waals surface area contributed by atoms with E-state index in [1.54, 1.807) is 6.08 Å². The van der Waals surface area contributed by atoms with Crippen LogP contribution in [0.2, 0.25) is 0 Å². The van der Waals surface area contributed by atoms with Crippen molar-refractivity contribution in [2.75, 3.05) is 6.61 Å². The summed E-state index contributed by atoms with van der Waals surface area (Å²) in [5.41, 5.74) is 1.07. The Hall–Kier alpha value is -1.31. The molecule has 2 nitrogen and oxygen atoms in total. The van der Waals surface area contributed by atoms with Gasteiger partial charge in [-0.1, -0.05) is 36.5 Å². The Morgan fingerprint density at radius 3 is 3.23 bits per heavy atom. The average Bonchev–Trinajstić information content (AvgIpc) is 2.15. The molecular weight excluding hydrogens is 164 g/mol. The van der Waals surface area contributed by atoms with Crippen LogP contribution in [0, 0.1) is 5.92 Å². The Labute approximate surface area is 78.6 Å². The minimum Gasteiger partial charge on any atom is -0.461 e. The summed E-state index contributed by atoms with van der Waals surface area (Å²) in [5, 5.41) is 0. The van der Waals surface area contributed by atoms with Crippen molar-refractivity contribution in [3.8, 4) is 0 Å². The molecule has 0 amide bonds. The van der Waals surface area contributed by atoms with Gasteiger partial charge >= 0.3 is 5.97 Å². The summed E-state index contributed by atoms with van der Waals surface area (Å²) < 4.78 is 4.95. The van der Waals surface area contributed by atoms with Crippen molar-refractivity contribution in [3.63, 3.8) is 0 Å². The van der Waals surface area contributed by atoms with Crippen LogP contribution >= 0.6 is 0 Å². The first-order valence-electron chi connectivity index (χ1n) is 4.36. The molecule has 0 aliphatic heterocycles. The minimum absolute atomic E-state index is 0.186. The third-order valence-electron chi connectivity index (χ3n) is 1.99. The van der Waals surface area contributed by atoms with Crippen LogP contribution in [0.5, 0.6) is 0 Å². The van der Waals surface area contributed by atoms with Crippen molar-refractivity contribution in [3.05, 3.63) is 36.5 Å². The predicted molar refractivity (Wildman–Crippen MR) is 52.2 cm³/mol. The van der Waals surface area contributed by atoms with Crippen molar-refractivity contribution in [2.24, 2.45) is 5.92 Å². The van der Waals surface area contributed by atoms with Crippen LogP contribution in [0.4, 0.5) is 0 Å². The monoisotopic (exact) mass is 178 g/mol. The van der Waals surface area contributed by atoms with Crippen LogP contribution in [0.1, 0.15) is 13.3 Å². The van der Waals surface area contributed by atoms with Crippen LogP contribution in [0.3, 0.4) is 0 Å². The zero-order chi connectivity index (χ0) is 9.68. The van der Waals surface area contributed by atoms with Crippen molar-refractivity contribution in [1.29, 1.82) is 0 Å².